The molecule has 0 saturated heterocycles. The normalized spacial score (nSPS) is 11.5. The number of hydrogen-bond acceptors (Lipinski definition) is 2. The van der Waals surface area contributed by atoms with E-state index < -0.39 is 0 Å². The van der Waals surface area contributed by atoms with Gasteiger partial charge in [-0.2, -0.15) is 0 Å². The van der Waals surface area contributed by atoms with Crippen LogP contribution >= 0.6 is 0 Å². The zero-order valence-corrected chi connectivity index (χ0v) is 16.4. The van der Waals surface area contributed by atoms with Gasteiger partial charge in [0, 0.05) is 0 Å². The molecule has 0 aliphatic carbocycles. The molecule has 1 aromatic carbocycles. The Bertz CT molecular complexity index is 503. The van der Waals surface area contributed by atoms with Crippen molar-refractivity contribution in [2.24, 2.45) is 0 Å². The fraction of sp³-hybridized carbons (Fsp3) is 0.565. The molecule has 0 bridgehead atoms. The highest BCUT2D eigenvalue weighted by atomic mass is 16.5. The van der Waals surface area contributed by atoms with Gasteiger partial charge in [0.1, 0.15) is 11.5 Å². The molecule has 0 radical (unpaired) electrons. The minimum Gasteiger partial charge on any atom is -0.497 e. The number of benzene rings is 1. The van der Waals surface area contributed by atoms with Crippen molar-refractivity contribution in [3.8, 4) is 11.5 Å². The SMILES string of the molecule is CCCC=CCC=CCCCCCCCc1cc(OC)ccc1OC. The van der Waals surface area contributed by atoms with Gasteiger partial charge in [0.15, 0.2) is 0 Å². The van der Waals surface area contributed by atoms with E-state index in [2.05, 4.69) is 37.3 Å². The van der Waals surface area contributed by atoms with Crippen LogP contribution < -0.4 is 9.47 Å². The summed E-state index contributed by atoms with van der Waals surface area (Å²) in [6.45, 7) is 2.22. The molecule has 0 heterocycles. The molecule has 0 atom stereocenters. The summed E-state index contributed by atoms with van der Waals surface area (Å²) in [6, 6.07) is 6.05. The first kappa shape index (κ1) is 21.3. The molecule has 1 aromatic rings. The summed E-state index contributed by atoms with van der Waals surface area (Å²) in [6.07, 6.45) is 21.4. The van der Waals surface area contributed by atoms with E-state index in [4.69, 9.17) is 9.47 Å². The minimum atomic E-state index is 0.909. The summed E-state index contributed by atoms with van der Waals surface area (Å²) in [5, 5.41) is 0. The summed E-state index contributed by atoms with van der Waals surface area (Å²) < 4.78 is 10.7. The molecule has 0 spiro atoms. The summed E-state index contributed by atoms with van der Waals surface area (Å²) in [5.41, 5.74) is 1.25. The Morgan fingerprint density at radius 2 is 1.52 bits per heavy atom. The van der Waals surface area contributed by atoms with Crippen molar-refractivity contribution in [3.63, 3.8) is 0 Å². The van der Waals surface area contributed by atoms with E-state index in [1.165, 1.54) is 56.9 Å². The predicted octanol–water partition coefficient (Wildman–Crippen LogP) is 6.89. The molecule has 0 fully saturated rings. The molecule has 1 rings (SSSR count). The van der Waals surface area contributed by atoms with Crippen molar-refractivity contribution in [3.05, 3.63) is 48.1 Å². The second-order valence-corrected chi connectivity index (χ2v) is 6.45. The monoisotopic (exact) mass is 344 g/mol. The lowest BCUT2D eigenvalue weighted by atomic mass is 10.0. The lowest BCUT2D eigenvalue weighted by molar-refractivity contribution is 0.398. The molecule has 0 unspecified atom stereocenters. The lowest BCUT2D eigenvalue weighted by Gasteiger charge is -2.10. The van der Waals surface area contributed by atoms with E-state index in [0.29, 0.717) is 0 Å². The van der Waals surface area contributed by atoms with Crippen molar-refractivity contribution in [2.75, 3.05) is 14.2 Å². The van der Waals surface area contributed by atoms with Crippen LogP contribution in [0.5, 0.6) is 11.5 Å². The molecule has 0 saturated carbocycles. The maximum Gasteiger partial charge on any atom is 0.122 e. The van der Waals surface area contributed by atoms with Crippen LogP contribution in [0, 0.1) is 0 Å². The van der Waals surface area contributed by atoms with E-state index in [-0.39, 0.29) is 0 Å². The van der Waals surface area contributed by atoms with Crippen molar-refractivity contribution in [2.45, 2.75) is 71.1 Å². The lowest BCUT2D eigenvalue weighted by Crippen LogP contribution is -1.94. The topological polar surface area (TPSA) is 18.5 Å². The highest BCUT2D eigenvalue weighted by Crippen LogP contribution is 2.25. The largest absolute Gasteiger partial charge is 0.497 e. The molecule has 0 N–H and O–H groups in total. The van der Waals surface area contributed by atoms with Gasteiger partial charge in [0.25, 0.3) is 0 Å². The van der Waals surface area contributed by atoms with Gasteiger partial charge in [-0.05, 0) is 62.3 Å². The van der Waals surface area contributed by atoms with Gasteiger partial charge < -0.3 is 9.47 Å². The maximum atomic E-state index is 5.44. The smallest absolute Gasteiger partial charge is 0.122 e. The third kappa shape index (κ3) is 10.0. The summed E-state index contributed by atoms with van der Waals surface area (Å²) in [5.74, 6) is 1.88. The zero-order chi connectivity index (χ0) is 18.2. The van der Waals surface area contributed by atoms with E-state index in [1.54, 1.807) is 14.2 Å². The fourth-order valence-electron chi connectivity index (χ4n) is 2.86. The molecule has 25 heavy (non-hydrogen) atoms. The Labute approximate surface area is 154 Å². The summed E-state index contributed by atoms with van der Waals surface area (Å²) in [7, 11) is 3.44. The zero-order valence-electron chi connectivity index (χ0n) is 16.4. The molecular formula is C23H36O2. The Morgan fingerprint density at radius 3 is 2.24 bits per heavy atom. The molecular weight excluding hydrogens is 308 g/mol. The van der Waals surface area contributed by atoms with Crippen molar-refractivity contribution < 1.29 is 9.47 Å². The Balaban J connectivity index is 2.08. The third-order valence-corrected chi connectivity index (χ3v) is 4.37. The molecule has 140 valence electrons. The molecule has 2 nitrogen and oxygen atoms in total. The Kier molecular flexibility index (Phi) is 12.5. The van der Waals surface area contributed by atoms with Gasteiger partial charge in [0.2, 0.25) is 0 Å². The number of hydrogen-bond donors (Lipinski definition) is 0. The number of methoxy groups -OCH3 is 2. The quantitative estimate of drug-likeness (QED) is 0.270. The van der Waals surface area contributed by atoms with Gasteiger partial charge in [0.05, 0.1) is 14.2 Å². The van der Waals surface area contributed by atoms with Crippen molar-refractivity contribution >= 4 is 0 Å². The second kappa shape index (κ2) is 14.6. The number of rotatable bonds is 14. The van der Waals surface area contributed by atoms with Crippen LogP contribution in [0.3, 0.4) is 0 Å². The van der Waals surface area contributed by atoms with Crippen LogP contribution in [0.4, 0.5) is 0 Å². The highest BCUT2D eigenvalue weighted by Gasteiger charge is 2.04. The van der Waals surface area contributed by atoms with E-state index in [9.17, 15) is 0 Å². The van der Waals surface area contributed by atoms with Crippen LogP contribution in [0.2, 0.25) is 0 Å². The first-order valence-corrected chi connectivity index (χ1v) is 9.82. The molecule has 0 amide bonds. The summed E-state index contributed by atoms with van der Waals surface area (Å²) in [4.78, 5) is 0. The minimum absolute atomic E-state index is 0.909. The second-order valence-electron chi connectivity index (χ2n) is 6.45. The van der Waals surface area contributed by atoms with Crippen LogP contribution in [-0.4, -0.2) is 14.2 Å². The molecule has 0 aliphatic heterocycles. The number of unbranched alkanes of at least 4 members (excludes halogenated alkanes) is 6. The molecule has 0 aliphatic rings. The van der Waals surface area contributed by atoms with E-state index >= 15 is 0 Å². The molecule has 2 heteroatoms. The van der Waals surface area contributed by atoms with Gasteiger partial charge in [-0.15, -0.1) is 0 Å². The van der Waals surface area contributed by atoms with E-state index in [1.807, 2.05) is 12.1 Å². The standard InChI is InChI=1S/C23H36O2/c1-4-5-6-7-8-9-10-11-12-13-14-15-16-17-21-20-22(24-2)18-19-23(21)25-3/h6-7,9-10,18-20H,4-5,8,11-17H2,1-3H3. The Morgan fingerprint density at radius 1 is 0.800 bits per heavy atom. The highest BCUT2D eigenvalue weighted by molar-refractivity contribution is 5.40. The van der Waals surface area contributed by atoms with Gasteiger partial charge in [-0.25, -0.2) is 0 Å². The first-order valence-electron chi connectivity index (χ1n) is 9.82. The van der Waals surface area contributed by atoms with Crippen LogP contribution in [0.15, 0.2) is 42.5 Å². The van der Waals surface area contributed by atoms with Crippen LogP contribution in [0.1, 0.15) is 70.3 Å². The average Bonchev–Trinajstić information content (AvgIpc) is 2.65. The maximum absolute atomic E-state index is 5.44. The van der Waals surface area contributed by atoms with Crippen molar-refractivity contribution in [1.82, 2.24) is 0 Å². The van der Waals surface area contributed by atoms with Crippen molar-refractivity contribution in [1.29, 1.82) is 0 Å². The number of aryl methyl sites for hydroxylation is 1. The predicted molar refractivity (Wildman–Crippen MR) is 109 cm³/mol. The number of ether oxygens (including phenoxy) is 2. The van der Waals surface area contributed by atoms with Crippen LogP contribution in [-0.2, 0) is 6.42 Å². The van der Waals surface area contributed by atoms with Gasteiger partial charge in [-0.3, -0.25) is 0 Å². The average molecular weight is 345 g/mol. The van der Waals surface area contributed by atoms with Gasteiger partial charge in [-0.1, -0.05) is 56.9 Å². The number of allylic oxidation sites excluding steroid dienone is 4. The van der Waals surface area contributed by atoms with Gasteiger partial charge >= 0.3 is 0 Å². The summed E-state index contributed by atoms with van der Waals surface area (Å²) >= 11 is 0. The van der Waals surface area contributed by atoms with E-state index in [0.717, 1.165) is 24.3 Å². The first-order chi connectivity index (χ1) is 12.3. The third-order valence-electron chi connectivity index (χ3n) is 4.37. The Hall–Kier alpha value is -1.70. The molecule has 0 aromatic heterocycles. The van der Waals surface area contributed by atoms with Crippen LogP contribution in [0.25, 0.3) is 0 Å². The fourth-order valence-corrected chi connectivity index (χ4v) is 2.86.